The predicted molar refractivity (Wildman–Crippen MR) is 112 cm³/mol. The van der Waals surface area contributed by atoms with Crippen LogP contribution in [0.3, 0.4) is 0 Å². The molecule has 0 aliphatic rings. The minimum absolute atomic E-state index is 0.112. The molecule has 0 fully saturated rings. The van der Waals surface area contributed by atoms with Gasteiger partial charge in [0.2, 0.25) is 0 Å². The van der Waals surface area contributed by atoms with Crippen LogP contribution >= 0.6 is 0 Å². The van der Waals surface area contributed by atoms with E-state index in [0.29, 0.717) is 18.1 Å². The molecule has 0 aliphatic carbocycles. The molecule has 0 atom stereocenters. The molecule has 0 saturated heterocycles. The van der Waals surface area contributed by atoms with E-state index in [0.717, 1.165) is 0 Å². The Morgan fingerprint density at radius 2 is 1.23 bits per heavy atom. The van der Waals surface area contributed by atoms with Crippen LogP contribution < -0.4 is 0 Å². The zero-order valence-corrected chi connectivity index (χ0v) is 15.7. The van der Waals surface area contributed by atoms with Crippen LogP contribution in [0.4, 0.5) is 0 Å². The first-order chi connectivity index (χ1) is 15.1. The number of carbonyl (C=O) groups is 3. The highest BCUT2D eigenvalue weighted by molar-refractivity contribution is 5.89. The molecule has 0 amide bonds. The van der Waals surface area contributed by atoms with E-state index in [-0.39, 0.29) is 17.5 Å². The average molecular weight is 400 g/mol. The van der Waals surface area contributed by atoms with Crippen molar-refractivity contribution in [3.05, 3.63) is 28.8 Å². The minimum Gasteiger partial charge on any atom is -0.506 e. The number of aromatic hydroxyl groups is 1. The Labute approximate surface area is 179 Å². The molecular formula is C26H8O5. The van der Waals surface area contributed by atoms with Crippen molar-refractivity contribution in [1.82, 2.24) is 0 Å². The molecular weight excluding hydrogens is 392 g/mol. The van der Waals surface area contributed by atoms with Gasteiger partial charge in [-0.05, 0) is 59.1 Å². The Morgan fingerprint density at radius 3 is 1.65 bits per heavy atom. The van der Waals surface area contributed by atoms with E-state index in [1.54, 1.807) is 0 Å². The molecule has 0 unspecified atom stereocenters. The van der Waals surface area contributed by atoms with Crippen molar-refractivity contribution >= 4 is 18.5 Å². The molecule has 0 radical (unpaired) electrons. The first kappa shape index (κ1) is 23.3. The van der Waals surface area contributed by atoms with Crippen molar-refractivity contribution in [3.8, 4) is 101 Å². The van der Waals surface area contributed by atoms with Gasteiger partial charge in [0.05, 0.1) is 17.5 Å². The van der Waals surface area contributed by atoms with Crippen LogP contribution in [0.15, 0.2) is 12.1 Å². The Bertz CT molecular complexity index is 1360. The molecule has 0 aromatic heterocycles. The van der Waals surface area contributed by atoms with Crippen LogP contribution in [0, 0.1) is 95.4 Å². The maximum atomic E-state index is 11.7. The highest BCUT2D eigenvalue weighted by Gasteiger charge is 2.12. The van der Waals surface area contributed by atoms with Gasteiger partial charge in [0.25, 0.3) is 0 Å². The summed E-state index contributed by atoms with van der Waals surface area (Å²) in [7, 11) is 0. The Morgan fingerprint density at radius 1 is 0.806 bits per heavy atom. The second-order valence-electron chi connectivity index (χ2n) is 4.88. The van der Waals surface area contributed by atoms with Gasteiger partial charge in [-0.25, -0.2) is 0 Å². The number of phenols is 1. The molecule has 1 aromatic carbocycles. The van der Waals surface area contributed by atoms with E-state index in [1.807, 2.05) is 0 Å². The van der Waals surface area contributed by atoms with Crippen molar-refractivity contribution in [3.63, 3.8) is 0 Å². The van der Waals surface area contributed by atoms with Gasteiger partial charge in [0, 0.05) is 41.4 Å². The first-order valence-corrected chi connectivity index (χ1v) is 8.04. The van der Waals surface area contributed by atoms with Gasteiger partial charge in [-0.2, -0.15) is 0 Å². The molecule has 0 aliphatic heterocycles. The van der Waals surface area contributed by atoms with Crippen molar-refractivity contribution in [2.24, 2.45) is 0 Å². The van der Waals surface area contributed by atoms with Gasteiger partial charge in [-0.1, -0.05) is 0 Å². The number of hydrogen-bond donors (Lipinski definition) is 1. The summed E-state index contributed by atoms with van der Waals surface area (Å²) in [6, 6.07) is 2.54. The number of hydrogen-bond acceptors (Lipinski definition) is 5. The van der Waals surface area contributed by atoms with Gasteiger partial charge < -0.3 is 9.84 Å². The number of benzene rings is 1. The van der Waals surface area contributed by atoms with Gasteiger partial charge in [-0.3, -0.25) is 14.4 Å². The molecule has 0 bridgehead atoms. The number of carbonyl (C=O) groups excluding carboxylic acids is 3. The van der Waals surface area contributed by atoms with Gasteiger partial charge in [0.15, 0.2) is 12.6 Å². The summed E-state index contributed by atoms with van der Waals surface area (Å²) in [4.78, 5) is 33.5. The monoisotopic (exact) mass is 400 g/mol. The summed E-state index contributed by atoms with van der Waals surface area (Å²) >= 11 is 0. The first-order valence-electron chi connectivity index (χ1n) is 8.04. The van der Waals surface area contributed by atoms with Gasteiger partial charge >= 0.3 is 5.97 Å². The Balaban J connectivity index is 2.58. The number of esters is 1. The zero-order chi connectivity index (χ0) is 22.7. The summed E-state index contributed by atoms with van der Waals surface area (Å²) in [5.74, 6) is 31.9. The molecule has 5 nitrogen and oxygen atoms in total. The fourth-order valence-corrected chi connectivity index (χ4v) is 1.72. The van der Waals surface area contributed by atoms with Crippen LogP contribution in [-0.4, -0.2) is 23.6 Å². The lowest BCUT2D eigenvalue weighted by Gasteiger charge is -2.05. The molecule has 5 heteroatoms. The second kappa shape index (κ2) is 14.4. The van der Waals surface area contributed by atoms with Crippen LogP contribution in [-0.2, 0) is 16.0 Å². The quantitative estimate of drug-likeness (QED) is 0.458. The summed E-state index contributed by atoms with van der Waals surface area (Å²) in [5, 5.41) is 9.64. The van der Waals surface area contributed by atoms with Crippen LogP contribution in [0.1, 0.15) is 26.3 Å². The van der Waals surface area contributed by atoms with E-state index in [4.69, 9.17) is 6.42 Å². The Kier molecular flexibility index (Phi) is 10.8. The van der Waals surface area contributed by atoms with Crippen molar-refractivity contribution in [2.75, 3.05) is 0 Å². The molecule has 1 rings (SSSR count). The molecule has 0 spiro atoms. The topological polar surface area (TPSA) is 80.7 Å². The van der Waals surface area contributed by atoms with E-state index in [2.05, 4.69) is 93.7 Å². The molecule has 1 aromatic rings. The highest BCUT2D eigenvalue weighted by atomic mass is 16.5. The lowest BCUT2D eigenvalue weighted by Crippen LogP contribution is -2.05. The smallest absolute Gasteiger partial charge is 0.324 e. The maximum Gasteiger partial charge on any atom is 0.324 e. The second-order valence-corrected chi connectivity index (χ2v) is 4.88. The normalized spacial score (nSPS) is 6.81. The number of rotatable bonds is 4. The lowest BCUT2D eigenvalue weighted by molar-refractivity contribution is -0.136. The molecule has 1 N–H and O–H groups in total. The third-order valence-corrected chi connectivity index (χ3v) is 2.87. The number of phenolic OH excluding ortho intramolecular Hbond substituents is 1. The highest BCUT2D eigenvalue weighted by Crippen LogP contribution is 2.22. The van der Waals surface area contributed by atoms with Gasteiger partial charge in [0.1, 0.15) is 11.9 Å². The number of terminal acetylenes is 1. The fourth-order valence-electron chi connectivity index (χ4n) is 1.72. The molecule has 31 heavy (non-hydrogen) atoms. The summed E-state index contributed by atoms with van der Waals surface area (Å²) in [6.07, 6.45) is 7.47. The fraction of sp³-hybridized carbons (Fsp3) is 0.0385. The SMILES string of the molecule is C#CC#CC#CC#CC#CC#CC#CC#COC(=O)Cc1cc(C=O)c(O)c(C=O)c1. The van der Waals surface area contributed by atoms with Crippen molar-refractivity contribution < 1.29 is 24.2 Å². The zero-order valence-electron chi connectivity index (χ0n) is 15.7. The minimum atomic E-state index is -0.738. The standard InChI is InChI=1S/C26H8O5/c1-2-3-4-5-6-7-8-9-10-11-12-13-14-15-16-31-25(29)19-22-17-23(20-27)26(30)24(18-22)21-28/h1,17-18,20-21,30H,19H2. The van der Waals surface area contributed by atoms with E-state index in [9.17, 15) is 19.5 Å². The predicted octanol–water partition coefficient (Wildman–Crippen LogP) is 0.717. The summed E-state index contributed by atoms with van der Waals surface area (Å²) < 4.78 is 4.66. The maximum absolute atomic E-state index is 11.7. The third kappa shape index (κ3) is 9.70. The van der Waals surface area contributed by atoms with Crippen LogP contribution in [0.25, 0.3) is 0 Å². The van der Waals surface area contributed by atoms with E-state index >= 15 is 0 Å². The van der Waals surface area contributed by atoms with Crippen molar-refractivity contribution in [1.29, 1.82) is 0 Å². The third-order valence-electron chi connectivity index (χ3n) is 2.87. The number of ether oxygens (including phenoxy) is 1. The van der Waals surface area contributed by atoms with Crippen molar-refractivity contribution in [2.45, 2.75) is 6.42 Å². The van der Waals surface area contributed by atoms with E-state index < -0.39 is 11.7 Å². The van der Waals surface area contributed by atoms with Crippen LogP contribution in [0.2, 0.25) is 0 Å². The largest absolute Gasteiger partial charge is 0.506 e. The summed E-state index contributed by atoms with van der Waals surface area (Å²) in [5.41, 5.74) is 0.0810. The van der Waals surface area contributed by atoms with Gasteiger partial charge in [-0.15, -0.1) is 6.42 Å². The van der Waals surface area contributed by atoms with E-state index in [1.165, 1.54) is 12.1 Å². The average Bonchev–Trinajstić information content (AvgIpc) is 2.77. The molecule has 142 valence electrons. The molecule has 0 heterocycles. The van der Waals surface area contributed by atoms with Crippen LogP contribution in [0.5, 0.6) is 5.75 Å². The summed E-state index contributed by atoms with van der Waals surface area (Å²) in [6.45, 7) is 0. The molecule has 0 saturated carbocycles. The number of aldehydes is 2. The Hall–Kier alpha value is -5.69. The lowest BCUT2D eigenvalue weighted by atomic mass is 10.0.